The first kappa shape index (κ1) is 19.4. The summed E-state index contributed by atoms with van der Waals surface area (Å²) >= 11 is 0. The van der Waals surface area contributed by atoms with Gasteiger partial charge >= 0.3 is 0 Å². The summed E-state index contributed by atoms with van der Waals surface area (Å²) in [6.45, 7) is 6.93. The average molecular weight is 416 g/mol. The van der Waals surface area contributed by atoms with E-state index in [1.54, 1.807) is 17.8 Å². The van der Waals surface area contributed by atoms with Crippen molar-refractivity contribution in [2.24, 2.45) is 0 Å². The first-order chi connectivity index (χ1) is 15.0. The lowest BCUT2D eigenvalue weighted by molar-refractivity contribution is 0.0565. The molecule has 5 rings (SSSR count). The predicted octanol–water partition coefficient (Wildman–Crippen LogP) is 2.19. The fourth-order valence-electron chi connectivity index (χ4n) is 4.89. The van der Waals surface area contributed by atoms with Crippen molar-refractivity contribution >= 4 is 5.52 Å². The molecule has 31 heavy (non-hydrogen) atoms. The van der Waals surface area contributed by atoms with Crippen LogP contribution in [-0.4, -0.2) is 68.0 Å². The molecular formula is C22H24N8O. The Balaban J connectivity index is 1.37. The molecule has 0 saturated carbocycles. The Morgan fingerprint density at radius 2 is 1.94 bits per heavy atom. The second kappa shape index (κ2) is 7.29. The van der Waals surface area contributed by atoms with Crippen molar-refractivity contribution in [3.8, 4) is 29.1 Å². The van der Waals surface area contributed by atoms with E-state index in [1.807, 2.05) is 23.4 Å². The smallest absolute Gasteiger partial charge is 0.179 e. The van der Waals surface area contributed by atoms with Crippen molar-refractivity contribution in [1.29, 1.82) is 10.5 Å². The van der Waals surface area contributed by atoms with Gasteiger partial charge in [0.2, 0.25) is 0 Å². The molecule has 2 fully saturated rings. The zero-order valence-electron chi connectivity index (χ0n) is 17.9. The van der Waals surface area contributed by atoms with Gasteiger partial charge in [-0.2, -0.15) is 20.7 Å². The van der Waals surface area contributed by atoms with Crippen LogP contribution in [0.25, 0.3) is 16.6 Å². The van der Waals surface area contributed by atoms with Gasteiger partial charge in [-0.3, -0.25) is 9.58 Å². The zero-order chi connectivity index (χ0) is 21.7. The molecule has 2 atom stereocenters. The van der Waals surface area contributed by atoms with E-state index >= 15 is 0 Å². The third kappa shape index (κ3) is 3.01. The molecule has 3 aromatic heterocycles. The Labute approximate surface area is 180 Å². The third-order valence-corrected chi connectivity index (χ3v) is 6.71. The van der Waals surface area contributed by atoms with E-state index < -0.39 is 0 Å². The lowest BCUT2D eigenvalue weighted by Crippen LogP contribution is -2.53. The number of hydrogen-bond acceptors (Lipinski definition) is 7. The van der Waals surface area contributed by atoms with Crippen molar-refractivity contribution in [1.82, 2.24) is 29.2 Å². The molecule has 0 aromatic carbocycles. The highest BCUT2D eigenvalue weighted by atomic mass is 16.5. The summed E-state index contributed by atoms with van der Waals surface area (Å²) in [5.41, 5.74) is 4.23. The summed E-state index contributed by atoms with van der Waals surface area (Å²) < 4.78 is 9.34. The van der Waals surface area contributed by atoms with Gasteiger partial charge in [-0.1, -0.05) is 0 Å². The highest BCUT2D eigenvalue weighted by Crippen LogP contribution is 2.34. The molecule has 2 saturated heterocycles. The topological polar surface area (TPSA) is 98.4 Å². The maximum Gasteiger partial charge on any atom is 0.179 e. The Morgan fingerprint density at radius 1 is 1.13 bits per heavy atom. The van der Waals surface area contributed by atoms with Crippen LogP contribution in [0.4, 0.5) is 0 Å². The molecule has 2 aliphatic heterocycles. The zero-order valence-corrected chi connectivity index (χ0v) is 17.9. The number of fused-ring (bicyclic) bond motifs is 1. The maximum absolute atomic E-state index is 9.32. The lowest BCUT2D eigenvalue weighted by Gasteiger charge is -2.43. The molecule has 158 valence electrons. The molecule has 0 radical (unpaired) electrons. The van der Waals surface area contributed by atoms with E-state index in [1.165, 1.54) is 0 Å². The van der Waals surface area contributed by atoms with E-state index in [9.17, 15) is 10.5 Å². The number of nitrogens with zero attached hydrogens (tertiary/aromatic N) is 8. The quantitative estimate of drug-likeness (QED) is 0.601. The third-order valence-electron chi connectivity index (χ3n) is 6.71. The van der Waals surface area contributed by atoms with Gasteiger partial charge < -0.3 is 9.64 Å². The van der Waals surface area contributed by atoms with Crippen LogP contribution >= 0.6 is 0 Å². The number of pyridine rings is 1. The van der Waals surface area contributed by atoms with Crippen molar-refractivity contribution in [2.75, 3.05) is 26.7 Å². The van der Waals surface area contributed by atoms with Gasteiger partial charge in [0.1, 0.15) is 22.9 Å². The van der Waals surface area contributed by atoms with Crippen LogP contribution in [0.1, 0.15) is 30.6 Å². The summed E-state index contributed by atoms with van der Waals surface area (Å²) in [6, 6.07) is 5.20. The molecule has 0 spiro atoms. The van der Waals surface area contributed by atoms with Gasteiger partial charge in [0, 0.05) is 54.7 Å². The van der Waals surface area contributed by atoms with Crippen LogP contribution in [-0.2, 0) is 0 Å². The van der Waals surface area contributed by atoms with Crippen LogP contribution in [0, 0.1) is 29.7 Å². The fraction of sp³-hybridized carbons (Fsp3) is 0.455. The number of ether oxygens (including phenoxy) is 1. The number of rotatable bonds is 4. The summed E-state index contributed by atoms with van der Waals surface area (Å²) in [7, 11) is 1.60. The average Bonchev–Trinajstić information content (AvgIpc) is 3.43. The van der Waals surface area contributed by atoms with Crippen LogP contribution in [0.15, 0.2) is 24.7 Å². The Kier molecular flexibility index (Phi) is 4.57. The Bertz CT molecular complexity index is 1220. The predicted molar refractivity (Wildman–Crippen MR) is 113 cm³/mol. The second-order valence-corrected chi connectivity index (χ2v) is 8.45. The van der Waals surface area contributed by atoms with E-state index in [0.29, 0.717) is 35.0 Å². The van der Waals surface area contributed by atoms with Gasteiger partial charge in [-0.05, 0) is 26.3 Å². The molecule has 3 aromatic rings. The summed E-state index contributed by atoms with van der Waals surface area (Å²) in [5.74, 6) is 0.617. The first-order valence-corrected chi connectivity index (χ1v) is 10.4. The largest absolute Gasteiger partial charge is 0.494 e. The number of aromatic nitrogens is 4. The van der Waals surface area contributed by atoms with Gasteiger partial charge in [0.15, 0.2) is 6.19 Å². The Hall–Kier alpha value is -3.56. The number of likely N-dealkylation sites (tertiary alicyclic amines) is 2. The Morgan fingerprint density at radius 3 is 2.61 bits per heavy atom. The van der Waals surface area contributed by atoms with E-state index in [-0.39, 0.29) is 0 Å². The van der Waals surface area contributed by atoms with Gasteiger partial charge in [-0.15, -0.1) is 0 Å². The van der Waals surface area contributed by atoms with Gasteiger partial charge in [0.05, 0.1) is 25.5 Å². The summed E-state index contributed by atoms with van der Waals surface area (Å²) in [4.78, 5) is 4.34. The lowest BCUT2D eigenvalue weighted by atomic mass is 10.0. The molecule has 0 unspecified atom stereocenters. The molecule has 9 nitrogen and oxygen atoms in total. The SMILES string of the molecule is COc1cc(-c2cnn(C3CN([C@@H]4C[C@@H](C)N(C#N)C4)C3)c2C)cn2ncc(C#N)c12. The summed E-state index contributed by atoms with van der Waals surface area (Å²) in [5, 5.41) is 27.5. The first-order valence-electron chi connectivity index (χ1n) is 10.4. The highest BCUT2D eigenvalue weighted by molar-refractivity contribution is 5.75. The van der Waals surface area contributed by atoms with Gasteiger partial charge in [-0.25, -0.2) is 4.52 Å². The summed E-state index contributed by atoms with van der Waals surface area (Å²) in [6.07, 6.45) is 8.70. The van der Waals surface area contributed by atoms with Crippen molar-refractivity contribution < 1.29 is 4.74 Å². The fourth-order valence-corrected chi connectivity index (χ4v) is 4.89. The molecule has 0 bridgehead atoms. The number of nitriles is 2. The van der Waals surface area contributed by atoms with Crippen molar-refractivity contribution in [2.45, 2.75) is 38.4 Å². The number of hydrogen-bond donors (Lipinski definition) is 0. The molecule has 0 N–H and O–H groups in total. The number of methoxy groups -OCH3 is 1. The van der Waals surface area contributed by atoms with Gasteiger partial charge in [0.25, 0.3) is 0 Å². The van der Waals surface area contributed by atoms with Crippen LogP contribution in [0.5, 0.6) is 5.75 Å². The minimum Gasteiger partial charge on any atom is -0.494 e. The van der Waals surface area contributed by atoms with Crippen LogP contribution < -0.4 is 4.74 Å². The highest BCUT2D eigenvalue weighted by Gasteiger charge is 2.40. The molecule has 0 amide bonds. The molecule has 0 aliphatic carbocycles. The van der Waals surface area contributed by atoms with Crippen LogP contribution in [0.2, 0.25) is 0 Å². The normalized spacial score (nSPS) is 21.8. The molecule has 9 heteroatoms. The molecule has 5 heterocycles. The minimum absolute atomic E-state index is 0.320. The standard InChI is InChI=1S/C22H24N8O/c1-14-4-18(10-28(14)13-24)27-11-19(12-27)30-15(2)20(8-26-30)16-5-21(31-3)22-17(6-23)7-25-29(22)9-16/h5,7-9,14,18-19H,4,10-12H2,1-3H3/t14-,18-/m1/s1. The van der Waals surface area contributed by atoms with E-state index in [0.717, 1.165) is 42.9 Å². The monoisotopic (exact) mass is 416 g/mol. The van der Waals surface area contributed by atoms with E-state index in [4.69, 9.17) is 4.74 Å². The maximum atomic E-state index is 9.32. The minimum atomic E-state index is 0.320. The second-order valence-electron chi connectivity index (χ2n) is 8.45. The molecule has 2 aliphatic rings. The van der Waals surface area contributed by atoms with Crippen LogP contribution in [0.3, 0.4) is 0 Å². The van der Waals surface area contributed by atoms with Crippen molar-refractivity contribution in [3.05, 3.63) is 35.9 Å². The molecular weight excluding hydrogens is 392 g/mol. The van der Waals surface area contributed by atoms with E-state index in [2.05, 4.69) is 45.9 Å². The van der Waals surface area contributed by atoms with Crippen molar-refractivity contribution in [3.63, 3.8) is 0 Å².